The van der Waals surface area contributed by atoms with Gasteiger partial charge in [0.1, 0.15) is 0 Å². The molecule has 142 valence electrons. The Morgan fingerprint density at radius 2 is 1.62 bits per heavy atom. The summed E-state index contributed by atoms with van der Waals surface area (Å²) in [5, 5.41) is 9.37. The molecule has 0 aliphatic carbocycles. The van der Waals surface area contributed by atoms with Crippen LogP contribution in [0.15, 0.2) is 36.7 Å². The number of benzene rings is 1. The monoisotopic (exact) mass is 356 g/mol. The van der Waals surface area contributed by atoms with Crippen molar-refractivity contribution in [3.63, 3.8) is 0 Å². The molecule has 1 aromatic heterocycles. The van der Waals surface area contributed by atoms with Crippen LogP contribution in [0.25, 0.3) is 11.4 Å². The average molecular weight is 357 g/mol. The molecule has 1 heterocycles. The third-order valence-electron chi connectivity index (χ3n) is 4.46. The first-order chi connectivity index (χ1) is 12.7. The van der Waals surface area contributed by atoms with Crippen molar-refractivity contribution in [2.75, 3.05) is 6.61 Å². The molecule has 2 rings (SSSR count). The summed E-state index contributed by atoms with van der Waals surface area (Å²) in [6.45, 7) is 4.78. The van der Waals surface area contributed by atoms with Gasteiger partial charge in [-0.2, -0.15) is 0 Å². The zero-order valence-electron chi connectivity index (χ0n) is 16.2. The van der Waals surface area contributed by atoms with Crippen LogP contribution in [-0.4, -0.2) is 27.8 Å². The van der Waals surface area contributed by atoms with Gasteiger partial charge in [0.15, 0.2) is 11.6 Å². The number of aliphatic hydroxyl groups excluding tert-OH is 1. The summed E-state index contributed by atoms with van der Waals surface area (Å²) in [6, 6.07) is 8.21. The molecule has 26 heavy (non-hydrogen) atoms. The predicted octanol–water partition coefficient (Wildman–Crippen LogP) is 5.20. The lowest BCUT2D eigenvalue weighted by Gasteiger charge is -2.07. The molecule has 1 N–H and O–H groups in total. The molecule has 0 spiro atoms. The number of hydrogen-bond acceptors (Lipinski definition) is 4. The van der Waals surface area contributed by atoms with E-state index in [4.69, 9.17) is 4.74 Å². The summed E-state index contributed by atoms with van der Waals surface area (Å²) in [5.74, 6) is 1.44. The molecule has 0 radical (unpaired) electrons. The Labute approximate surface area is 157 Å². The third kappa shape index (κ3) is 7.52. The van der Waals surface area contributed by atoms with Crippen molar-refractivity contribution >= 4 is 0 Å². The van der Waals surface area contributed by atoms with E-state index in [0.717, 1.165) is 37.2 Å². The van der Waals surface area contributed by atoms with Crippen LogP contribution >= 0.6 is 0 Å². The lowest BCUT2D eigenvalue weighted by Crippen LogP contribution is -2.01. The second kappa shape index (κ2) is 11.6. The van der Waals surface area contributed by atoms with E-state index >= 15 is 0 Å². The fraction of sp³-hybridized carbons (Fsp3) is 0.545. The van der Waals surface area contributed by atoms with Crippen LogP contribution in [0.2, 0.25) is 0 Å². The van der Waals surface area contributed by atoms with Crippen molar-refractivity contribution in [3.05, 3.63) is 42.2 Å². The highest BCUT2D eigenvalue weighted by Crippen LogP contribution is 2.18. The molecular weight excluding hydrogens is 324 g/mol. The molecule has 2 aromatic rings. The van der Waals surface area contributed by atoms with Crippen LogP contribution in [0.1, 0.15) is 64.4 Å². The van der Waals surface area contributed by atoms with E-state index in [1.54, 1.807) is 12.4 Å². The smallest absolute Gasteiger partial charge is 0.159 e. The molecule has 1 unspecified atom stereocenters. The first-order valence-electron chi connectivity index (χ1n) is 9.91. The van der Waals surface area contributed by atoms with Crippen molar-refractivity contribution in [3.8, 4) is 17.1 Å². The van der Waals surface area contributed by atoms with E-state index in [9.17, 15) is 5.11 Å². The van der Waals surface area contributed by atoms with Gasteiger partial charge in [-0.05, 0) is 31.7 Å². The number of aromatic nitrogens is 2. The Bertz CT molecular complexity index is 609. The molecule has 0 bridgehead atoms. The van der Waals surface area contributed by atoms with Crippen LogP contribution in [0.4, 0.5) is 0 Å². The van der Waals surface area contributed by atoms with Crippen LogP contribution < -0.4 is 4.74 Å². The standard InChI is InChI=1S/C22H32N2O2/c1-3-4-5-6-7-8-15-26-21-16-23-22(24-17-21)20-13-11-19(12-14-20)10-9-18(2)25/h11-14,16-18,25H,3-10,15H2,1-2H3. The predicted molar refractivity (Wildman–Crippen MR) is 106 cm³/mol. The van der Waals surface area contributed by atoms with Gasteiger partial charge in [0, 0.05) is 5.56 Å². The number of unbranched alkanes of at least 4 members (excludes halogenated alkanes) is 5. The van der Waals surface area contributed by atoms with Gasteiger partial charge in [0.2, 0.25) is 0 Å². The molecule has 0 saturated heterocycles. The number of nitrogens with zero attached hydrogens (tertiary/aromatic N) is 2. The molecular formula is C22H32N2O2. The Kier molecular flexibility index (Phi) is 9.11. The van der Waals surface area contributed by atoms with Crippen molar-refractivity contribution < 1.29 is 9.84 Å². The van der Waals surface area contributed by atoms with Gasteiger partial charge in [-0.15, -0.1) is 0 Å². The van der Waals surface area contributed by atoms with Gasteiger partial charge in [-0.1, -0.05) is 63.3 Å². The topological polar surface area (TPSA) is 55.2 Å². The second-order valence-electron chi connectivity index (χ2n) is 6.94. The SMILES string of the molecule is CCCCCCCCOc1cnc(-c2ccc(CCC(C)O)cc2)nc1. The van der Waals surface area contributed by atoms with E-state index in [2.05, 4.69) is 29.0 Å². The summed E-state index contributed by atoms with van der Waals surface area (Å²) >= 11 is 0. The van der Waals surface area contributed by atoms with E-state index in [-0.39, 0.29) is 6.10 Å². The summed E-state index contributed by atoms with van der Waals surface area (Å²) in [4.78, 5) is 8.83. The Balaban J connectivity index is 1.76. The highest BCUT2D eigenvalue weighted by molar-refractivity contribution is 5.55. The Hall–Kier alpha value is -1.94. The molecule has 4 nitrogen and oxygen atoms in total. The maximum Gasteiger partial charge on any atom is 0.159 e. The lowest BCUT2D eigenvalue weighted by atomic mass is 10.1. The number of hydrogen-bond donors (Lipinski definition) is 1. The maximum atomic E-state index is 9.37. The third-order valence-corrected chi connectivity index (χ3v) is 4.46. The van der Waals surface area contributed by atoms with Crippen molar-refractivity contribution in [1.82, 2.24) is 9.97 Å². The zero-order chi connectivity index (χ0) is 18.6. The number of ether oxygens (including phenoxy) is 1. The lowest BCUT2D eigenvalue weighted by molar-refractivity contribution is 0.185. The van der Waals surface area contributed by atoms with Gasteiger partial charge in [-0.25, -0.2) is 9.97 Å². The highest BCUT2D eigenvalue weighted by Gasteiger charge is 2.04. The summed E-state index contributed by atoms with van der Waals surface area (Å²) < 4.78 is 5.73. The first-order valence-corrected chi connectivity index (χ1v) is 9.91. The maximum absolute atomic E-state index is 9.37. The van der Waals surface area contributed by atoms with Crippen molar-refractivity contribution in [2.45, 2.75) is 71.3 Å². The van der Waals surface area contributed by atoms with Gasteiger partial charge >= 0.3 is 0 Å². The van der Waals surface area contributed by atoms with Crippen LogP contribution in [0.5, 0.6) is 5.75 Å². The minimum Gasteiger partial charge on any atom is -0.490 e. The fourth-order valence-corrected chi connectivity index (χ4v) is 2.81. The molecule has 1 atom stereocenters. The molecule has 1 aromatic carbocycles. The first kappa shape index (κ1) is 20.4. The number of rotatable bonds is 12. The van der Waals surface area contributed by atoms with E-state index in [1.807, 2.05) is 19.1 Å². The second-order valence-corrected chi connectivity index (χ2v) is 6.94. The van der Waals surface area contributed by atoms with Gasteiger partial charge in [-0.3, -0.25) is 0 Å². The number of aliphatic hydroxyl groups is 1. The zero-order valence-corrected chi connectivity index (χ0v) is 16.2. The fourth-order valence-electron chi connectivity index (χ4n) is 2.81. The molecule has 0 amide bonds. The minimum atomic E-state index is -0.262. The minimum absolute atomic E-state index is 0.262. The normalized spacial score (nSPS) is 12.1. The van der Waals surface area contributed by atoms with Crippen molar-refractivity contribution in [1.29, 1.82) is 0 Å². The molecule has 0 aliphatic heterocycles. The Morgan fingerprint density at radius 1 is 0.962 bits per heavy atom. The van der Waals surface area contributed by atoms with Gasteiger partial charge < -0.3 is 9.84 Å². The van der Waals surface area contributed by atoms with E-state index in [0.29, 0.717) is 5.82 Å². The quantitative estimate of drug-likeness (QED) is 0.531. The van der Waals surface area contributed by atoms with Gasteiger partial charge in [0.05, 0.1) is 25.1 Å². The van der Waals surface area contributed by atoms with Crippen LogP contribution in [-0.2, 0) is 6.42 Å². The molecule has 0 fully saturated rings. The van der Waals surface area contributed by atoms with Crippen molar-refractivity contribution in [2.24, 2.45) is 0 Å². The Morgan fingerprint density at radius 3 is 2.27 bits per heavy atom. The highest BCUT2D eigenvalue weighted by atomic mass is 16.5. The van der Waals surface area contributed by atoms with Crippen LogP contribution in [0.3, 0.4) is 0 Å². The van der Waals surface area contributed by atoms with Gasteiger partial charge in [0.25, 0.3) is 0 Å². The summed E-state index contributed by atoms with van der Waals surface area (Å²) in [7, 11) is 0. The molecule has 4 heteroatoms. The largest absolute Gasteiger partial charge is 0.490 e. The summed E-state index contributed by atoms with van der Waals surface area (Å²) in [6.07, 6.45) is 12.4. The van der Waals surface area contributed by atoms with E-state index < -0.39 is 0 Å². The summed E-state index contributed by atoms with van der Waals surface area (Å²) in [5.41, 5.74) is 2.21. The number of aryl methyl sites for hydroxylation is 1. The van der Waals surface area contributed by atoms with Crippen LogP contribution in [0, 0.1) is 0 Å². The molecule has 0 saturated carbocycles. The average Bonchev–Trinajstić information content (AvgIpc) is 2.66. The molecule has 0 aliphatic rings. The van der Waals surface area contributed by atoms with E-state index in [1.165, 1.54) is 37.7 Å².